The Balaban J connectivity index is 3.13. The normalized spacial score (nSPS) is 10.4. The molecule has 0 N–H and O–H groups in total. The second-order valence-corrected chi connectivity index (χ2v) is 5.23. The van der Waals surface area contributed by atoms with E-state index < -0.39 is 0 Å². The molecule has 0 rings (SSSR count). The molecule has 0 radical (unpaired) electrons. The summed E-state index contributed by atoms with van der Waals surface area (Å²) in [6.45, 7) is 6.51. The van der Waals surface area contributed by atoms with Crippen molar-refractivity contribution in [2.24, 2.45) is 0 Å². The monoisotopic (exact) mass is 268 g/mol. The zero-order chi connectivity index (χ0) is 14.2. The summed E-state index contributed by atoms with van der Waals surface area (Å²) in [7, 11) is 0. The molecule has 0 aromatic rings. The smallest absolute Gasteiger partial charge is 0.305 e. The third-order valence-corrected chi connectivity index (χ3v) is 3.30. The van der Waals surface area contributed by atoms with Crippen molar-refractivity contribution >= 4 is 5.97 Å². The van der Waals surface area contributed by atoms with Gasteiger partial charge in [0, 0.05) is 6.42 Å². The first-order valence-corrected chi connectivity index (χ1v) is 8.07. The maximum Gasteiger partial charge on any atom is 0.305 e. The van der Waals surface area contributed by atoms with Crippen molar-refractivity contribution in [3.05, 3.63) is 12.7 Å². The number of carbonyl (C=O) groups is 1. The van der Waals surface area contributed by atoms with Crippen molar-refractivity contribution in [3.63, 3.8) is 0 Å². The molecule has 0 spiro atoms. The lowest BCUT2D eigenvalue weighted by molar-refractivity contribution is -0.143. The standard InChI is InChI=1S/C17H32O2/c1-3-5-7-9-10-11-12-13-15-17(18)19-16-14-8-6-4-2/h3H,1,4-16H2,2H3. The minimum atomic E-state index is -0.0110. The van der Waals surface area contributed by atoms with Crippen molar-refractivity contribution in [3.8, 4) is 0 Å². The van der Waals surface area contributed by atoms with E-state index in [1.54, 1.807) is 0 Å². The number of esters is 1. The molecule has 0 aromatic heterocycles. The Hall–Kier alpha value is -0.790. The topological polar surface area (TPSA) is 26.3 Å². The van der Waals surface area contributed by atoms with Gasteiger partial charge in [0.05, 0.1) is 6.61 Å². The lowest BCUT2D eigenvalue weighted by Crippen LogP contribution is -2.05. The summed E-state index contributed by atoms with van der Waals surface area (Å²) in [5.41, 5.74) is 0. The Morgan fingerprint density at radius 1 is 0.947 bits per heavy atom. The number of hydrogen-bond acceptors (Lipinski definition) is 2. The van der Waals surface area contributed by atoms with Crippen LogP contribution in [0.25, 0.3) is 0 Å². The molecule has 0 amide bonds. The van der Waals surface area contributed by atoms with Gasteiger partial charge >= 0.3 is 5.97 Å². The highest BCUT2D eigenvalue weighted by Gasteiger charge is 2.02. The molecule has 112 valence electrons. The SMILES string of the molecule is C=CCCCCCCCCC(=O)OCCCCCC. The molecule has 0 aromatic carbocycles. The highest BCUT2D eigenvalue weighted by Crippen LogP contribution is 2.09. The van der Waals surface area contributed by atoms with Gasteiger partial charge in [-0.15, -0.1) is 6.58 Å². The third kappa shape index (κ3) is 15.2. The molecule has 0 fully saturated rings. The van der Waals surface area contributed by atoms with Crippen molar-refractivity contribution < 1.29 is 9.53 Å². The number of carbonyl (C=O) groups excluding carboxylic acids is 1. The Kier molecular flexibility index (Phi) is 14.6. The van der Waals surface area contributed by atoms with Gasteiger partial charge in [0.2, 0.25) is 0 Å². The van der Waals surface area contributed by atoms with Gasteiger partial charge in [0.1, 0.15) is 0 Å². The van der Waals surface area contributed by atoms with Crippen LogP contribution in [0.4, 0.5) is 0 Å². The zero-order valence-electron chi connectivity index (χ0n) is 12.8. The van der Waals surface area contributed by atoms with Crippen LogP contribution >= 0.6 is 0 Å². The quantitative estimate of drug-likeness (QED) is 0.239. The van der Waals surface area contributed by atoms with Gasteiger partial charge < -0.3 is 4.74 Å². The van der Waals surface area contributed by atoms with E-state index in [1.807, 2.05) is 6.08 Å². The maximum absolute atomic E-state index is 11.4. The summed E-state index contributed by atoms with van der Waals surface area (Å²) in [5.74, 6) is -0.0110. The van der Waals surface area contributed by atoms with Crippen molar-refractivity contribution in [2.45, 2.75) is 84.0 Å². The fraction of sp³-hybridized carbons (Fsp3) is 0.824. The first kappa shape index (κ1) is 18.2. The lowest BCUT2D eigenvalue weighted by Gasteiger charge is -2.04. The minimum absolute atomic E-state index is 0.0110. The molecular weight excluding hydrogens is 236 g/mol. The van der Waals surface area contributed by atoms with Crippen LogP contribution in [0.2, 0.25) is 0 Å². The fourth-order valence-electron chi connectivity index (χ4n) is 2.05. The molecule has 0 aliphatic heterocycles. The molecular formula is C17H32O2. The van der Waals surface area contributed by atoms with E-state index in [1.165, 1.54) is 44.9 Å². The molecule has 0 bridgehead atoms. The molecule has 0 saturated carbocycles. The molecule has 2 nitrogen and oxygen atoms in total. The van der Waals surface area contributed by atoms with E-state index in [4.69, 9.17) is 4.74 Å². The molecule has 0 aliphatic carbocycles. The Labute approximate surface area is 119 Å². The maximum atomic E-state index is 11.4. The summed E-state index contributed by atoms with van der Waals surface area (Å²) in [6.07, 6.45) is 15.6. The van der Waals surface area contributed by atoms with Gasteiger partial charge in [-0.25, -0.2) is 0 Å². The van der Waals surface area contributed by atoms with E-state index >= 15 is 0 Å². The summed E-state index contributed by atoms with van der Waals surface area (Å²) in [5, 5.41) is 0. The number of rotatable bonds is 14. The van der Waals surface area contributed by atoms with Gasteiger partial charge in [-0.2, -0.15) is 0 Å². The average molecular weight is 268 g/mol. The second-order valence-electron chi connectivity index (χ2n) is 5.23. The summed E-state index contributed by atoms with van der Waals surface area (Å²) in [4.78, 5) is 11.4. The first-order chi connectivity index (χ1) is 9.31. The Bertz CT molecular complexity index is 211. The molecule has 19 heavy (non-hydrogen) atoms. The van der Waals surface area contributed by atoms with Gasteiger partial charge in [-0.05, 0) is 25.7 Å². The lowest BCUT2D eigenvalue weighted by atomic mass is 10.1. The molecule has 0 unspecified atom stereocenters. The number of hydrogen-bond donors (Lipinski definition) is 0. The van der Waals surface area contributed by atoms with Crippen molar-refractivity contribution in [1.82, 2.24) is 0 Å². The zero-order valence-corrected chi connectivity index (χ0v) is 12.8. The van der Waals surface area contributed by atoms with E-state index in [9.17, 15) is 4.79 Å². The first-order valence-electron chi connectivity index (χ1n) is 8.07. The summed E-state index contributed by atoms with van der Waals surface area (Å²) < 4.78 is 5.20. The van der Waals surface area contributed by atoms with E-state index in [2.05, 4.69) is 13.5 Å². The predicted molar refractivity (Wildman–Crippen MR) is 82.2 cm³/mol. The van der Waals surface area contributed by atoms with Gasteiger partial charge in [0.15, 0.2) is 0 Å². The summed E-state index contributed by atoms with van der Waals surface area (Å²) >= 11 is 0. The van der Waals surface area contributed by atoms with Crippen molar-refractivity contribution in [2.75, 3.05) is 6.61 Å². The van der Waals surface area contributed by atoms with Crippen LogP contribution in [0.3, 0.4) is 0 Å². The molecule has 0 heterocycles. The highest BCUT2D eigenvalue weighted by atomic mass is 16.5. The van der Waals surface area contributed by atoms with Crippen LogP contribution in [-0.2, 0) is 9.53 Å². The van der Waals surface area contributed by atoms with Crippen LogP contribution in [0.15, 0.2) is 12.7 Å². The van der Waals surface area contributed by atoms with Crippen LogP contribution in [-0.4, -0.2) is 12.6 Å². The second kappa shape index (κ2) is 15.3. The van der Waals surface area contributed by atoms with Crippen molar-refractivity contribution in [1.29, 1.82) is 0 Å². The van der Waals surface area contributed by atoms with Crippen LogP contribution in [0, 0.1) is 0 Å². The van der Waals surface area contributed by atoms with Crippen LogP contribution in [0.5, 0.6) is 0 Å². The number of allylic oxidation sites excluding steroid dienone is 1. The highest BCUT2D eigenvalue weighted by molar-refractivity contribution is 5.69. The van der Waals surface area contributed by atoms with E-state index in [0.29, 0.717) is 13.0 Å². The van der Waals surface area contributed by atoms with E-state index in [-0.39, 0.29) is 5.97 Å². The fourth-order valence-corrected chi connectivity index (χ4v) is 2.05. The summed E-state index contributed by atoms with van der Waals surface area (Å²) in [6, 6.07) is 0. The Morgan fingerprint density at radius 3 is 2.26 bits per heavy atom. The van der Waals surface area contributed by atoms with Crippen LogP contribution in [0.1, 0.15) is 84.0 Å². The van der Waals surface area contributed by atoms with Gasteiger partial charge in [-0.1, -0.05) is 57.9 Å². The molecule has 0 aliphatic rings. The molecule has 0 saturated heterocycles. The molecule has 0 atom stereocenters. The van der Waals surface area contributed by atoms with Crippen LogP contribution < -0.4 is 0 Å². The largest absolute Gasteiger partial charge is 0.466 e. The predicted octanol–water partition coefficient (Wildman–Crippen LogP) is 5.42. The molecule has 2 heteroatoms. The van der Waals surface area contributed by atoms with Gasteiger partial charge in [-0.3, -0.25) is 4.79 Å². The van der Waals surface area contributed by atoms with E-state index in [0.717, 1.165) is 25.7 Å². The average Bonchev–Trinajstić information content (AvgIpc) is 2.41. The van der Waals surface area contributed by atoms with Gasteiger partial charge in [0.25, 0.3) is 0 Å². The number of ether oxygens (including phenoxy) is 1. The Morgan fingerprint density at radius 2 is 1.58 bits per heavy atom. The number of unbranched alkanes of at least 4 members (excludes halogenated alkanes) is 9. The minimum Gasteiger partial charge on any atom is -0.466 e. The third-order valence-electron chi connectivity index (χ3n) is 3.30.